The van der Waals surface area contributed by atoms with E-state index >= 15 is 0 Å². The maximum atomic E-state index is 12.7. The van der Waals surface area contributed by atoms with Crippen LogP contribution in [0.2, 0.25) is 0 Å². The molecule has 1 aliphatic rings. The highest BCUT2D eigenvalue weighted by Crippen LogP contribution is 2.26. The highest BCUT2D eigenvalue weighted by atomic mass is 79.9. The summed E-state index contributed by atoms with van der Waals surface area (Å²) in [6.45, 7) is 1.25. The van der Waals surface area contributed by atoms with Crippen LogP contribution in [0, 0.1) is 0 Å². The van der Waals surface area contributed by atoms with E-state index in [1.807, 2.05) is 23.1 Å². The molecule has 0 bridgehead atoms. The third kappa shape index (κ3) is 5.08. The number of rotatable bonds is 6. The normalized spacial score (nSPS) is 14.8. The minimum absolute atomic E-state index is 0.0255. The molecule has 30 heavy (non-hydrogen) atoms. The van der Waals surface area contributed by atoms with E-state index in [9.17, 15) is 18.0 Å². The van der Waals surface area contributed by atoms with E-state index in [4.69, 9.17) is 0 Å². The molecular formula is C21H24BrN3O4S. The summed E-state index contributed by atoms with van der Waals surface area (Å²) < 4.78 is 26.4. The smallest absolute Gasteiger partial charge is 0.255 e. The number of nitrogens with zero attached hydrogens (tertiary/aromatic N) is 2. The van der Waals surface area contributed by atoms with Gasteiger partial charge in [0, 0.05) is 49.3 Å². The molecule has 2 aromatic rings. The van der Waals surface area contributed by atoms with E-state index < -0.39 is 15.9 Å². The molecule has 0 aliphatic carbocycles. The lowest BCUT2D eigenvalue weighted by atomic mass is 10.1. The first kappa shape index (κ1) is 22.5. The van der Waals surface area contributed by atoms with Gasteiger partial charge in [0.05, 0.1) is 4.90 Å². The van der Waals surface area contributed by atoms with Gasteiger partial charge in [0.1, 0.15) is 0 Å². The molecule has 160 valence electrons. The van der Waals surface area contributed by atoms with Gasteiger partial charge in [-0.25, -0.2) is 12.7 Å². The second-order valence-corrected chi connectivity index (χ2v) is 10.3. The first-order valence-electron chi connectivity index (χ1n) is 9.58. The van der Waals surface area contributed by atoms with Crippen LogP contribution in [0.5, 0.6) is 0 Å². The summed E-state index contributed by atoms with van der Waals surface area (Å²) in [7, 11) is -0.821. The summed E-state index contributed by atoms with van der Waals surface area (Å²) >= 11 is 3.24. The van der Waals surface area contributed by atoms with Crippen molar-refractivity contribution in [3.05, 3.63) is 58.1 Å². The van der Waals surface area contributed by atoms with Crippen molar-refractivity contribution in [3.8, 4) is 0 Å². The highest BCUT2D eigenvalue weighted by Gasteiger charge is 2.22. The number of amides is 2. The molecule has 0 saturated carbocycles. The van der Waals surface area contributed by atoms with Crippen molar-refractivity contribution in [1.29, 1.82) is 0 Å². The van der Waals surface area contributed by atoms with Crippen LogP contribution in [0.1, 0.15) is 35.2 Å². The Bertz CT molecular complexity index is 1070. The first-order chi connectivity index (χ1) is 14.2. The van der Waals surface area contributed by atoms with Crippen molar-refractivity contribution in [2.24, 2.45) is 0 Å². The van der Waals surface area contributed by atoms with Gasteiger partial charge >= 0.3 is 0 Å². The van der Waals surface area contributed by atoms with Gasteiger partial charge in [-0.3, -0.25) is 9.59 Å². The van der Waals surface area contributed by atoms with Crippen LogP contribution in [0.25, 0.3) is 0 Å². The van der Waals surface area contributed by atoms with Crippen molar-refractivity contribution in [2.75, 3.05) is 26.0 Å². The van der Waals surface area contributed by atoms with E-state index in [0.29, 0.717) is 23.1 Å². The predicted octanol–water partition coefficient (Wildman–Crippen LogP) is 3.46. The molecule has 7 nitrogen and oxygen atoms in total. The fourth-order valence-corrected chi connectivity index (χ4v) is 5.08. The summed E-state index contributed by atoms with van der Waals surface area (Å²) in [5.74, 6) is -0.260. The van der Waals surface area contributed by atoms with Crippen LogP contribution in [-0.2, 0) is 21.4 Å². The van der Waals surface area contributed by atoms with Gasteiger partial charge in [-0.2, -0.15) is 0 Å². The van der Waals surface area contributed by atoms with Crippen LogP contribution in [0.15, 0.2) is 51.8 Å². The number of nitrogens with one attached hydrogen (secondary N) is 1. The molecule has 1 aliphatic heterocycles. The number of hydrogen-bond acceptors (Lipinski definition) is 4. The Kier molecular flexibility index (Phi) is 6.95. The lowest BCUT2D eigenvalue weighted by Gasteiger charge is -2.26. The lowest BCUT2D eigenvalue weighted by Crippen LogP contribution is -2.34. The van der Waals surface area contributed by atoms with Crippen molar-refractivity contribution >= 4 is 43.5 Å². The molecule has 0 atom stereocenters. The van der Waals surface area contributed by atoms with Crippen molar-refractivity contribution < 1.29 is 18.0 Å². The third-order valence-corrected chi connectivity index (χ3v) is 7.74. The fourth-order valence-electron chi connectivity index (χ4n) is 3.24. The Balaban J connectivity index is 1.77. The van der Waals surface area contributed by atoms with Crippen LogP contribution >= 0.6 is 15.9 Å². The number of hydrogen-bond donors (Lipinski definition) is 1. The van der Waals surface area contributed by atoms with Gasteiger partial charge in [0.2, 0.25) is 15.9 Å². The number of piperidine rings is 1. The van der Waals surface area contributed by atoms with Gasteiger partial charge in [-0.15, -0.1) is 0 Å². The molecule has 9 heteroatoms. The van der Waals surface area contributed by atoms with E-state index in [1.54, 1.807) is 18.2 Å². The maximum Gasteiger partial charge on any atom is 0.255 e. The predicted molar refractivity (Wildman–Crippen MR) is 119 cm³/mol. The van der Waals surface area contributed by atoms with Gasteiger partial charge in [-0.05, 0) is 64.7 Å². The summed E-state index contributed by atoms with van der Waals surface area (Å²) in [4.78, 5) is 26.6. The van der Waals surface area contributed by atoms with E-state index in [-0.39, 0.29) is 16.4 Å². The van der Waals surface area contributed by atoms with Crippen molar-refractivity contribution in [2.45, 2.75) is 30.7 Å². The van der Waals surface area contributed by atoms with Gasteiger partial charge in [0.15, 0.2) is 0 Å². The molecule has 1 saturated heterocycles. The second-order valence-electron chi connectivity index (χ2n) is 7.36. The summed E-state index contributed by atoms with van der Waals surface area (Å²) in [5.41, 5.74) is 1.74. The zero-order valence-corrected chi connectivity index (χ0v) is 19.3. The monoisotopic (exact) mass is 493 g/mol. The maximum absolute atomic E-state index is 12.7. The number of benzene rings is 2. The quantitative estimate of drug-likeness (QED) is 0.667. The number of anilines is 1. The van der Waals surface area contributed by atoms with E-state index in [0.717, 1.165) is 29.3 Å². The SMILES string of the molecule is CN(C)S(=O)(=O)c1cc(C(=O)Nc2cccc(CN3CCCCC3=O)c2)ccc1Br. The Morgan fingerprint density at radius 1 is 1.17 bits per heavy atom. The number of sulfonamides is 1. The number of carbonyl (C=O) groups excluding carboxylic acids is 2. The van der Waals surface area contributed by atoms with Crippen molar-refractivity contribution in [1.82, 2.24) is 9.21 Å². The van der Waals surface area contributed by atoms with E-state index in [2.05, 4.69) is 21.2 Å². The molecule has 1 N–H and O–H groups in total. The average Bonchev–Trinajstić information content (AvgIpc) is 2.70. The van der Waals surface area contributed by atoms with Crippen molar-refractivity contribution in [3.63, 3.8) is 0 Å². The van der Waals surface area contributed by atoms with Crippen LogP contribution in [-0.4, -0.2) is 50.1 Å². The zero-order valence-electron chi connectivity index (χ0n) is 16.9. The van der Waals surface area contributed by atoms with Gasteiger partial charge in [0.25, 0.3) is 5.91 Å². The Labute approximate surface area is 185 Å². The molecule has 2 aromatic carbocycles. The number of likely N-dealkylation sites (tertiary alicyclic amines) is 1. The molecular weight excluding hydrogens is 470 g/mol. The molecule has 0 spiro atoms. The minimum Gasteiger partial charge on any atom is -0.338 e. The summed E-state index contributed by atoms with van der Waals surface area (Å²) in [6.07, 6.45) is 2.52. The Morgan fingerprint density at radius 3 is 2.63 bits per heavy atom. The van der Waals surface area contributed by atoms with Gasteiger partial charge in [-0.1, -0.05) is 12.1 Å². The summed E-state index contributed by atoms with van der Waals surface area (Å²) in [5, 5.41) is 2.81. The molecule has 0 radical (unpaired) electrons. The summed E-state index contributed by atoms with van der Waals surface area (Å²) in [6, 6.07) is 11.8. The topological polar surface area (TPSA) is 86.8 Å². The Morgan fingerprint density at radius 2 is 1.93 bits per heavy atom. The first-order valence-corrected chi connectivity index (χ1v) is 11.8. The van der Waals surface area contributed by atoms with Gasteiger partial charge < -0.3 is 10.2 Å². The number of halogens is 1. The molecule has 1 heterocycles. The van der Waals surface area contributed by atoms with Crippen LogP contribution in [0.3, 0.4) is 0 Å². The largest absolute Gasteiger partial charge is 0.338 e. The molecule has 3 rings (SSSR count). The van der Waals surface area contributed by atoms with E-state index in [1.165, 1.54) is 20.2 Å². The number of carbonyl (C=O) groups is 2. The lowest BCUT2D eigenvalue weighted by molar-refractivity contribution is -0.133. The van der Waals surface area contributed by atoms with Crippen LogP contribution < -0.4 is 5.32 Å². The molecule has 0 aromatic heterocycles. The molecule has 2 amide bonds. The molecule has 0 unspecified atom stereocenters. The highest BCUT2D eigenvalue weighted by molar-refractivity contribution is 9.10. The standard InChI is InChI=1S/C21H24BrN3O4S/c1-24(2)30(28,29)19-13-16(9-10-18(19)22)21(27)23-17-7-5-6-15(12-17)14-25-11-4-3-8-20(25)26/h5-7,9-10,12-13H,3-4,8,11,14H2,1-2H3,(H,23,27). The second kappa shape index (κ2) is 9.28. The Hall–Kier alpha value is -2.23. The fraction of sp³-hybridized carbons (Fsp3) is 0.333. The zero-order chi connectivity index (χ0) is 21.9. The third-order valence-electron chi connectivity index (χ3n) is 4.93. The average molecular weight is 494 g/mol. The van der Waals surface area contributed by atoms with Crippen LogP contribution in [0.4, 0.5) is 5.69 Å². The minimum atomic E-state index is -3.70. The molecule has 1 fully saturated rings.